The van der Waals surface area contributed by atoms with Gasteiger partial charge in [-0.25, -0.2) is 0 Å². The molecule has 2 N–H and O–H groups in total. The molecule has 0 fully saturated rings. The SMILES string of the molecule is O=C(Cc1cccs1)NCCc1ccc(O)cc1. The molecule has 3 nitrogen and oxygen atoms in total. The van der Waals surface area contributed by atoms with E-state index in [1.54, 1.807) is 23.5 Å². The number of nitrogens with one attached hydrogen (secondary N) is 1. The van der Waals surface area contributed by atoms with Crippen molar-refractivity contribution in [3.8, 4) is 5.75 Å². The van der Waals surface area contributed by atoms with Crippen LogP contribution in [0.1, 0.15) is 10.4 Å². The first-order chi connectivity index (χ1) is 8.74. The Labute approximate surface area is 110 Å². The molecule has 0 bridgehead atoms. The zero-order valence-corrected chi connectivity index (χ0v) is 10.7. The number of hydrogen-bond donors (Lipinski definition) is 2. The highest BCUT2D eigenvalue weighted by Crippen LogP contribution is 2.10. The molecule has 0 spiro atoms. The highest BCUT2D eigenvalue weighted by atomic mass is 32.1. The van der Waals surface area contributed by atoms with E-state index in [0.717, 1.165) is 16.9 Å². The number of carbonyl (C=O) groups excluding carboxylic acids is 1. The molecule has 0 aliphatic carbocycles. The smallest absolute Gasteiger partial charge is 0.225 e. The third-order valence-electron chi connectivity index (χ3n) is 2.59. The summed E-state index contributed by atoms with van der Waals surface area (Å²) < 4.78 is 0. The summed E-state index contributed by atoms with van der Waals surface area (Å²) in [6.45, 7) is 0.620. The number of thiophene rings is 1. The second kappa shape index (κ2) is 6.21. The topological polar surface area (TPSA) is 49.3 Å². The summed E-state index contributed by atoms with van der Waals surface area (Å²) >= 11 is 1.59. The van der Waals surface area contributed by atoms with Crippen LogP contribution in [0.3, 0.4) is 0 Å². The maximum absolute atomic E-state index is 11.6. The van der Waals surface area contributed by atoms with Crippen LogP contribution < -0.4 is 5.32 Å². The Hall–Kier alpha value is -1.81. The second-order valence-electron chi connectivity index (χ2n) is 4.02. The van der Waals surface area contributed by atoms with E-state index < -0.39 is 0 Å². The minimum absolute atomic E-state index is 0.0521. The molecule has 0 unspecified atom stereocenters. The molecule has 2 aromatic rings. The monoisotopic (exact) mass is 261 g/mol. The van der Waals surface area contributed by atoms with Crippen LogP contribution >= 0.6 is 11.3 Å². The lowest BCUT2D eigenvalue weighted by Gasteiger charge is -2.04. The lowest BCUT2D eigenvalue weighted by molar-refractivity contribution is -0.120. The molecule has 18 heavy (non-hydrogen) atoms. The van der Waals surface area contributed by atoms with Crippen LogP contribution in [0.5, 0.6) is 5.75 Å². The van der Waals surface area contributed by atoms with Gasteiger partial charge in [-0.15, -0.1) is 11.3 Å². The van der Waals surface area contributed by atoms with E-state index in [1.165, 1.54) is 0 Å². The van der Waals surface area contributed by atoms with Crippen LogP contribution in [0, 0.1) is 0 Å². The molecule has 1 amide bonds. The molecule has 0 aliphatic rings. The van der Waals surface area contributed by atoms with Gasteiger partial charge in [0.2, 0.25) is 5.91 Å². The van der Waals surface area contributed by atoms with Crippen LogP contribution in [0.15, 0.2) is 41.8 Å². The summed E-state index contributed by atoms with van der Waals surface area (Å²) in [5.41, 5.74) is 1.10. The number of benzene rings is 1. The molecule has 2 rings (SSSR count). The number of rotatable bonds is 5. The first kappa shape index (κ1) is 12.6. The molecule has 0 atom stereocenters. The normalized spacial score (nSPS) is 10.2. The standard InChI is InChI=1S/C14H15NO2S/c16-12-5-3-11(4-6-12)7-8-15-14(17)10-13-2-1-9-18-13/h1-6,9,16H,7-8,10H2,(H,15,17). The average Bonchev–Trinajstić information content (AvgIpc) is 2.84. The van der Waals surface area contributed by atoms with E-state index in [9.17, 15) is 4.79 Å². The van der Waals surface area contributed by atoms with Gasteiger partial charge in [0.25, 0.3) is 0 Å². The Balaban J connectivity index is 1.72. The first-order valence-corrected chi connectivity index (χ1v) is 6.69. The summed E-state index contributed by atoms with van der Waals surface area (Å²) in [7, 11) is 0. The quantitative estimate of drug-likeness (QED) is 0.868. The number of amides is 1. The van der Waals surface area contributed by atoms with Crippen LogP contribution in [0.25, 0.3) is 0 Å². The predicted molar refractivity (Wildman–Crippen MR) is 72.8 cm³/mol. The fourth-order valence-electron chi connectivity index (χ4n) is 1.64. The number of hydrogen-bond acceptors (Lipinski definition) is 3. The average molecular weight is 261 g/mol. The minimum atomic E-state index is 0.0521. The van der Waals surface area contributed by atoms with Gasteiger partial charge in [0.15, 0.2) is 0 Å². The zero-order valence-electron chi connectivity index (χ0n) is 9.93. The van der Waals surface area contributed by atoms with Crippen molar-refractivity contribution in [3.05, 3.63) is 52.2 Å². The maximum Gasteiger partial charge on any atom is 0.225 e. The Bertz CT molecular complexity index is 491. The van der Waals surface area contributed by atoms with Crippen LogP contribution in [-0.4, -0.2) is 17.6 Å². The highest BCUT2D eigenvalue weighted by molar-refractivity contribution is 7.10. The number of phenols is 1. The van der Waals surface area contributed by atoms with Crippen molar-refractivity contribution < 1.29 is 9.90 Å². The molecule has 1 heterocycles. The third-order valence-corrected chi connectivity index (χ3v) is 3.46. The summed E-state index contributed by atoms with van der Waals surface area (Å²) in [4.78, 5) is 12.7. The molecule has 1 aromatic carbocycles. The third kappa shape index (κ3) is 3.89. The highest BCUT2D eigenvalue weighted by Gasteiger charge is 2.03. The van der Waals surface area contributed by atoms with E-state index in [4.69, 9.17) is 5.11 Å². The molecule has 4 heteroatoms. The molecule has 0 aliphatic heterocycles. The van der Waals surface area contributed by atoms with Crippen LogP contribution in [0.2, 0.25) is 0 Å². The molecule has 0 radical (unpaired) electrons. The van der Waals surface area contributed by atoms with Gasteiger partial charge in [0, 0.05) is 11.4 Å². The summed E-state index contributed by atoms with van der Waals surface area (Å²) in [6, 6.07) is 10.9. The van der Waals surface area contributed by atoms with Crippen molar-refractivity contribution in [2.75, 3.05) is 6.54 Å². The Morgan fingerprint density at radius 1 is 1.22 bits per heavy atom. The van der Waals surface area contributed by atoms with E-state index in [-0.39, 0.29) is 11.7 Å². The second-order valence-corrected chi connectivity index (χ2v) is 5.05. The van der Waals surface area contributed by atoms with E-state index in [1.807, 2.05) is 29.6 Å². The van der Waals surface area contributed by atoms with Crippen molar-refractivity contribution >= 4 is 17.2 Å². The van der Waals surface area contributed by atoms with Crippen LogP contribution in [0.4, 0.5) is 0 Å². The van der Waals surface area contributed by atoms with Crippen molar-refractivity contribution in [1.29, 1.82) is 0 Å². The van der Waals surface area contributed by atoms with Gasteiger partial charge >= 0.3 is 0 Å². The lowest BCUT2D eigenvalue weighted by atomic mass is 10.1. The minimum Gasteiger partial charge on any atom is -0.508 e. The molecule has 0 saturated heterocycles. The molecule has 0 saturated carbocycles. The maximum atomic E-state index is 11.6. The summed E-state index contributed by atoms with van der Waals surface area (Å²) in [6.07, 6.45) is 1.23. The lowest BCUT2D eigenvalue weighted by Crippen LogP contribution is -2.26. The van der Waals surface area contributed by atoms with Gasteiger partial charge in [0.05, 0.1) is 6.42 Å². The Kier molecular flexibility index (Phi) is 4.36. The number of carbonyl (C=O) groups is 1. The first-order valence-electron chi connectivity index (χ1n) is 5.81. The number of aromatic hydroxyl groups is 1. The van der Waals surface area contributed by atoms with Crippen LogP contribution in [-0.2, 0) is 17.6 Å². The van der Waals surface area contributed by atoms with Gasteiger partial charge in [0.1, 0.15) is 5.75 Å². The van der Waals surface area contributed by atoms with Crippen molar-refractivity contribution in [1.82, 2.24) is 5.32 Å². The van der Waals surface area contributed by atoms with Crippen molar-refractivity contribution in [3.63, 3.8) is 0 Å². The molecule has 94 valence electrons. The van der Waals surface area contributed by atoms with E-state index in [0.29, 0.717) is 13.0 Å². The van der Waals surface area contributed by atoms with Gasteiger partial charge < -0.3 is 10.4 Å². The fraction of sp³-hybridized carbons (Fsp3) is 0.214. The van der Waals surface area contributed by atoms with Gasteiger partial charge in [-0.3, -0.25) is 4.79 Å². The van der Waals surface area contributed by atoms with E-state index >= 15 is 0 Å². The summed E-state index contributed by atoms with van der Waals surface area (Å²) in [5, 5.41) is 14.0. The Morgan fingerprint density at radius 3 is 2.67 bits per heavy atom. The van der Waals surface area contributed by atoms with Gasteiger partial charge in [-0.05, 0) is 35.6 Å². The fourth-order valence-corrected chi connectivity index (χ4v) is 2.35. The van der Waals surface area contributed by atoms with E-state index in [2.05, 4.69) is 5.32 Å². The van der Waals surface area contributed by atoms with Crippen molar-refractivity contribution in [2.24, 2.45) is 0 Å². The zero-order chi connectivity index (χ0) is 12.8. The largest absolute Gasteiger partial charge is 0.508 e. The predicted octanol–water partition coefficient (Wildman–Crippen LogP) is 2.36. The van der Waals surface area contributed by atoms with Gasteiger partial charge in [-0.2, -0.15) is 0 Å². The molecular weight excluding hydrogens is 246 g/mol. The Morgan fingerprint density at radius 2 is 2.00 bits per heavy atom. The molecular formula is C14H15NO2S. The number of phenolic OH excluding ortho intramolecular Hbond substituents is 1. The molecule has 1 aromatic heterocycles. The van der Waals surface area contributed by atoms with Gasteiger partial charge in [-0.1, -0.05) is 18.2 Å². The van der Waals surface area contributed by atoms with Crippen molar-refractivity contribution in [2.45, 2.75) is 12.8 Å². The summed E-state index contributed by atoms with van der Waals surface area (Å²) in [5.74, 6) is 0.316.